The van der Waals surface area contributed by atoms with Gasteiger partial charge in [-0.2, -0.15) is 0 Å². The molecular weight excluding hydrogens is 206 g/mol. The smallest absolute Gasteiger partial charge is 0.303 e. The maximum atomic E-state index is 10.9. The summed E-state index contributed by atoms with van der Waals surface area (Å²) < 4.78 is 0. The van der Waals surface area contributed by atoms with Crippen LogP contribution in [0, 0.1) is 0 Å². The van der Waals surface area contributed by atoms with E-state index in [1.807, 2.05) is 24.3 Å². The maximum absolute atomic E-state index is 10.9. The van der Waals surface area contributed by atoms with Gasteiger partial charge in [0, 0.05) is 19.0 Å². The standard InChI is InChI=1S/C12H15NO3/c1-9(14)13-11-7-3-2-5-10(11)6-4-8-12(15)16/h2-3,5,7H,4,6,8H2,1H3,(H,13,14)(H,15,16). The van der Waals surface area contributed by atoms with Gasteiger partial charge < -0.3 is 10.4 Å². The van der Waals surface area contributed by atoms with Gasteiger partial charge in [-0.05, 0) is 24.5 Å². The molecule has 0 atom stereocenters. The number of benzene rings is 1. The van der Waals surface area contributed by atoms with Gasteiger partial charge in [0.1, 0.15) is 0 Å². The Balaban J connectivity index is 2.63. The Morgan fingerprint density at radius 2 is 2.00 bits per heavy atom. The molecule has 0 aliphatic carbocycles. The van der Waals surface area contributed by atoms with Gasteiger partial charge in [-0.25, -0.2) is 0 Å². The molecule has 2 N–H and O–H groups in total. The number of hydrogen-bond acceptors (Lipinski definition) is 2. The van der Waals surface area contributed by atoms with Gasteiger partial charge in [0.2, 0.25) is 5.91 Å². The monoisotopic (exact) mass is 221 g/mol. The number of nitrogens with one attached hydrogen (secondary N) is 1. The highest BCUT2D eigenvalue weighted by Gasteiger charge is 2.04. The van der Waals surface area contributed by atoms with E-state index in [-0.39, 0.29) is 12.3 Å². The molecule has 0 heterocycles. The predicted molar refractivity (Wildman–Crippen MR) is 61.3 cm³/mol. The van der Waals surface area contributed by atoms with Gasteiger partial charge in [0.15, 0.2) is 0 Å². The third-order valence-electron chi connectivity index (χ3n) is 2.16. The van der Waals surface area contributed by atoms with Crippen LogP contribution in [0.2, 0.25) is 0 Å². The van der Waals surface area contributed by atoms with Gasteiger partial charge in [0.05, 0.1) is 0 Å². The number of hydrogen-bond donors (Lipinski definition) is 2. The number of rotatable bonds is 5. The molecule has 0 aliphatic heterocycles. The Bertz CT molecular complexity index is 388. The van der Waals surface area contributed by atoms with E-state index in [9.17, 15) is 9.59 Å². The van der Waals surface area contributed by atoms with E-state index in [1.54, 1.807) is 0 Å². The minimum Gasteiger partial charge on any atom is -0.481 e. The Hall–Kier alpha value is -1.84. The third kappa shape index (κ3) is 4.13. The molecule has 1 aromatic carbocycles. The van der Waals surface area contributed by atoms with Crippen LogP contribution in [0.15, 0.2) is 24.3 Å². The SMILES string of the molecule is CC(=O)Nc1ccccc1CCCC(=O)O. The van der Waals surface area contributed by atoms with Crippen LogP contribution in [-0.4, -0.2) is 17.0 Å². The molecule has 4 nitrogen and oxygen atoms in total. The first-order chi connectivity index (χ1) is 7.59. The minimum atomic E-state index is -0.794. The van der Waals surface area contributed by atoms with Crippen LogP contribution in [-0.2, 0) is 16.0 Å². The normalized spacial score (nSPS) is 9.81. The average molecular weight is 221 g/mol. The molecule has 1 amide bonds. The van der Waals surface area contributed by atoms with Crippen molar-refractivity contribution in [3.63, 3.8) is 0 Å². The molecule has 0 saturated carbocycles. The number of carbonyl (C=O) groups is 2. The molecule has 16 heavy (non-hydrogen) atoms. The zero-order valence-corrected chi connectivity index (χ0v) is 9.19. The second kappa shape index (κ2) is 5.90. The number of carboxylic acid groups (broad SMARTS) is 1. The van der Waals surface area contributed by atoms with Crippen molar-refractivity contribution >= 4 is 17.6 Å². The third-order valence-corrected chi connectivity index (χ3v) is 2.16. The van der Waals surface area contributed by atoms with E-state index in [0.717, 1.165) is 11.3 Å². The van der Waals surface area contributed by atoms with Crippen molar-refractivity contribution in [3.05, 3.63) is 29.8 Å². The predicted octanol–water partition coefficient (Wildman–Crippen LogP) is 2.05. The zero-order chi connectivity index (χ0) is 12.0. The summed E-state index contributed by atoms with van der Waals surface area (Å²) in [5.74, 6) is -0.914. The van der Waals surface area contributed by atoms with Crippen molar-refractivity contribution < 1.29 is 14.7 Å². The van der Waals surface area contributed by atoms with E-state index < -0.39 is 5.97 Å². The molecular formula is C12H15NO3. The van der Waals surface area contributed by atoms with Gasteiger partial charge in [-0.3, -0.25) is 9.59 Å². The topological polar surface area (TPSA) is 66.4 Å². The molecule has 1 rings (SSSR count). The van der Waals surface area contributed by atoms with E-state index in [4.69, 9.17) is 5.11 Å². The molecule has 0 radical (unpaired) electrons. The summed E-state index contributed by atoms with van der Waals surface area (Å²) in [5.41, 5.74) is 1.74. The van der Waals surface area contributed by atoms with Crippen LogP contribution >= 0.6 is 0 Å². The van der Waals surface area contributed by atoms with Crippen molar-refractivity contribution in [1.82, 2.24) is 0 Å². The summed E-state index contributed by atoms with van der Waals surface area (Å²) >= 11 is 0. The van der Waals surface area contributed by atoms with Gasteiger partial charge >= 0.3 is 5.97 Å². The number of para-hydroxylation sites is 1. The highest BCUT2D eigenvalue weighted by atomic mass is 16.4. The molecule has 0 saturated heterocycles. The summed E-state index contributed by atoms with van der Waals surface area (Å²) in [5, 5.41) is 11.3. The number of amides is 1. The lowest BCUT2D eigenvalue weighted by Gasteiger charge is -2.08. The van der Waals surface area contributed by atoms with Crippen molar-refractivity contribution in [2.75, 3.05) is 5.32 Å². The van der Waals surface area contributed by atoms with Crippen molar-refractivity contribution in [2.45, 2.75) is 26.2 Å². The van der Waals surface area contributed by atoms with E-state index in [0.29, 0.717) is 12.8 Å². The van der Waals surface area contributed by atoms with Crippen LogP contribution < -0.4 is 5.32 Å². The second-order valence-corrected chi connectivity index (χ2v) is 3.59. The van der Waals surface area contributed by atoms with Crippen molar-refractivity contribution in [3.8, 4) is 0 Å². The minimum absolute atomic E-state index is 0.120. The summed E-state index contributed by atoms with van der Waals surface area (Å²) in [6, 6.07) is 7.43. The summed E-state index contributed by atoms with van der Waals surface area (Å²) in [7, 11) is 0. The van der Waals surface area contributed by atoms with Gasteiger partial charge in [0.25, 0.3) is 0 Å². The molecule has 0 bridgehead atoms. The fraction of sp³-hybridized carbons (Fsp3) is 0.333. The second-order valence-electron chi connectivity index (χ2n) is 3.59. The fourth-order valence-corrected chi connectivity index (χ4v) is 1.48. The molecule has 1 aromatic rings. The van der Waals surface area contributed by atoms with Gasteiger partial charge in [-0.15, -0.1) is 0 Å². The highest BCUT2D eigenvalue weighted by Crippen LogP contribution is 2.17. The van der Waals surface area contributed by atoms with Crippen LogP contribution in [0.5, 0.6) is 0 Å². The average Bonchev–Trinajstić information content (AvgIpc) is 2.19. The summed E-state index contributed by atoms with van der Waals surface area (Å²) in [6.45, 7) is 1.45. The molecule has 4 heteroatoms. The van der Waals surface area contributed by atoms with Crippen LogP contribution in [0.1, 0.15) is 25.3 Å². The van der Waals surface area contributed by atoms with Gasteiger partial charge in [-0.1, -0.05) is 18.2 Å². The summed E-state index contributed by atoms with van der Waals surface area (Å²) in [4.78, 5) is 21.3. The quantitative estimate of drug-likeness (QED) is 0.799. The van der Waals surface area contributed by atoms with Crippen LogP contribution in [0.3, 0.4) is 0 Å². The first-order valence-corrected chi connectivity index (χ1v) is 5.17. The molecule has 0 aliphatic rings. The lowest BCUT2D eigenvalue weighted by atomic mass is 10.1. The maximum Gasteiger partial charge on any atom is 0.303 e. The number of aliphatic carboxylic acids is 1. The highest BCUT2D eigenvalue weighted by molar-refractivity contribution is 5.89. The van der Waals surface area contributed by atoms with Crippen LogP contribution in [0.4, 0.5) is 5.69 Å². The Kier molecular flexibility index (Phi) is 4.51. The number of aryl methyl sites for hydroxylation is 1. The molecule has 0 spiro atoms. The molecule has 86 valence electrons. The Morgan fingerprint density at radius 3 is 2.62 bits per heavy atom. The molecule has 0 unspecified atom stereocenters. The zero-order valence-electron chi connectivity index (χ0n) is 9.19. The first kappa shape index (κ1) is 12.2. The Morgan fingerprint density at radius 1 is 1.31 bits per heavy atom. The number of anilines is 1. The number of carboxylic acids is 1. The van der Waals surface area contributed by atoms with E-state index >= 15 is 0 Å². The van der Waals surface area contributed by atoms with E-state index in [2.05, 4.69) is 5.32 Å². The van der Waals surface area contributed by atoms with Crippen LogP contribution in [0.25, 0.3) is 0 Å². The van der Waals surface area contributed by atoms with E-state index in [1.165, 1.54) is 6.92 Å². The first-order valence-electron chi connectivity index (χ1n) is 5.17. The number of carbonyl (C=O) groups excluding carboxylic acids is 1. The fourth-order valence-electron chi connectivity index (χ4n) is 1.48. The van der Waals surface area contributed by atoms with Crippen molar-refractivity contribution in [1.29, 1.82) is 0 Å². The molecule has 0 fully saturated rings. The lowest BCUT2D eigenvalue weighted by molar-refractivity contribution is -0.137. The summed E-state index contributed by atoms with van der Waals surface area (Å²) in [6.07, 6.45) is 1.38. The van der Waals surface area contributed by atoms with Crippen molar-refractivity contribution in [2.24, 2.45) is 0 Å². The molecule has 0 aromatic heterocycles. The Labute approximate surface area is 94.3 Å². The largest absolute Gasteiger partial charge is 0.481 e. The lowest BCUT2D eigenvalue weighted by Crippen LogP contribution is -2.08.